The molecule has 0 saturated heterocycles. The molecule has 1 heterocycles. The van der Waals surface area contributed by atoms with Crippen molar-refractivity contribution in [3.05, 3.63) is 17.3 Å². The van der Waals surface area contributed by atoms with Crippen LogP contribution in [0.15, 0.2) is 4.42 Å². The Labute approximate surface area is 110 Å². The minimum absolute atomic E-state index is 0.145. The Morgan fingerprint density at radius 3 is 2.53 bits per heavy atom. The predicted molar refractivity (Wildman–Crippen MR) is 70.5 cm³/mol. The quantitative estimate of drug-likeness (QED) is 0.851. The average Bonchev–Trinajstić information content (AvgIpc) is 2.57. The topological polar surface area (TPSA) is 55.1 Å². The van der Waals surface area contributed by atoms with Crippen molar-refractivity contribution in [2.75, 3.05) is 5.33 Å². The van der Waals surface area contributed by atoms with Crippen molar-refractivity contribution in [1.29, 1.82) is 0 Å². The van der Waals surface area contributed by atoms with Gasteiger partial charge in [-0.2, -0.15) is 0 Å². The largest absolute Gasteiger partial charge is 0.436 e. The van der Waals surface area contributed by atoms with E-state index in [9.17, 15) is 4.79 Å². The van der Waals surface area contributed by atoms with E-state index in [0.29, 0.717) is 23.3 Å². The molecule has 4 nitrogen and oxygen atoms in total. The van der Waals surface area contributed by atoms with E-state index in [1.807, 2.05) is 0 Å². The van der Waals surface area contributed by atoms with Gasteiger partial charge in [-0.1, -0.05) is 29.8 Å². The highest BCUT2D eigenvalue weighted by molar-refractivity contribution is 9.09. The van der Waals surface area contributed by atoms with Gasteiger partial charge in [-0.25, -0.2) is 4.98 Å². The third-order valence-corrected chi connectivity index (χ3v) is 3.11. The molecule has 1 N–H and O–H groups in total. The second kappa shape index (κ2) is 6.19. The fraction of sp³-hybridized carbons (Fsp3) is 0.667. The van der Waals surface area contributed by atoms with E-state index in [-0.39, 0.29) is 11.9 Å². The van der Waals surface area contributed by atoms with Crippen LogP contribution in [0.4, 0.5) is 0 Å². The molecule has 96 valence electrons. The van der Waals surface area contributed by atoms with Crippen LogP contribution in [0.25, 0.3) is 0 Å². The Balaban J connectivity index is 2.73. The van der Waals surface area contributed by atoms with E-state index < -0.39 is 0 Å². The molecule has 0 bridgehead atoms. The number of carbonyl (C=O) groups excluding carboxylic acids is 1. The van der Waals surface area contributed by atoms with Gasteiger partial charge in [-0.3, -0.25) is 4.79 Å². The fourth-order valence-corrected chi connectivity index (χ4v) is 2.16. The number of hydrogen-bond donors (Lipinski definition) is 1. The molecular formula is C12H19BrN2O2. The second-order valence-electron chi connectivity index (χ2n) is 4.45. The summed E-state index contributed by atoms with van der Waals surface area (Å²) in [6, 6.07) is 0.145. The molecule has 0 aliphatic heterocycles. The number of alkyl halides is 1. The maximum absolute atomic E-state index is 12.0. The molecule has 1 amide bonds. The molecule has 1 rings (SSSR count). The summed E-state index contributed by atoms with van der Waals surface area (Å²) in [6.45, 7) is 7.70. The van der Waals surface area contributed by atoms with Gasteiger partial charge in [-0.05, 0) is 19.3 Å². The molecule has 1 aromatic rings. The lowest BCUT2D eigenvalue weighted by atomic mass is 10.0. The van der Waals surface area contributed by atoms with Crippen molar-refractivity contribution >= 4 is 21.8 Å². The molecule has 1 atom stereocenters. The number of aryl methyl sites for hydroxylation is 2. The minimum atomic E-state index is -0.178. The van der Waals surface area contributed by atoms with Crippen LogP contribution >= 0.6 is 15.9 Å². The summed E-state index contributed by atoms with van der Waals surface area (Å²) in [5.74, 6) is 1.06. The number of aromatic nitrogens is 1. The van der Waals surface area contributed by atoms with Gasteiger partial charge in [0.15, 0.2) is 5.89 Å². The fourth-order valence-electron chi connectivity index (χ4n) is 1.67. The van der Waals surface area contributed by atoms with Crippen molar-refractivity contribution in [1.82, 2.24) is 10.3 Å². The molecular weight excluding hydrogens is 284 g/mol. The SMILES string of the molecule is Cc1nc(C)c(C(=O)NC(CCBr)C(C)C)o1. The molecule has 0 aromatic carbocycles. The van der Waals surface area contributed by atoms with Crippen LogP contribution in [-0.2, 0) is 0 Å². The lowest BCUT2D eigenvalue weighted by Gasteiger charge is -2.20. The molecule has 0 aliphatic carbocycles. The van der Waals surface area contributed by atoms with E-state index >= 15 is 0 Å². The zero-order valence-corrected chi connectivity index (χ0v) is 12.3. The van der Waals surface area contributed by atoms with Crippen LogP contribution in [0.3, 0.4) is 0 Å². The first-order chi connectivity index (χ1) is 7.95. The summed E-state index contributed by atoms with van der Waals surface area (Å²) in [7, 11) is 0. The molecule has 0 spiro atoms. The number of hydrogen-bond acceptors (Lipinski definition) is 3. The van der Waals surface area contributed by atoms with Gasteiger partial charge in [0.25, 0.3) is 5.91 Å². The van der Waals surface area contributed by atoms with Crippen molar-refractivity contribution in [2.45, 2.75) is 40.2 Å². The highest BCUT2D eigenvalue weighted by atomic mass is 79.9. The molecule has 1 aromatic heterocycles. The Hall–Kier alpha value is -0.840. The van der Waals surface area contributed by atoms with E-state index in [1.54, 1.807) is 13.8 Å². The second-order valence-corrected chi connectivity index (χ2v) is 5.24. The van der Waals surface area contributed by atoms with Gasteiger partial charge in [0.1, 0.15) is 0 Å². The highest BCUT2D eigenvalue weighted by Gasteiger charge is 2.21. The number of rotatable bonds is 5. The predicted octanol–water partition coefficient (Wildman–Crippen LogP) is 2.83. The van der Waals surface area contributed by atoms with Crippen LogP contribution in [0.2, 0.25) is 0 Å². The first kappa shape index (κ1) is 14.2. The molecule has 1 unspecified atom stereocenters. The normalized spacial score (nSPS) is 12.8. The zero-order chi connectivity index (χ0) is 13.0. The maximum atomic E-state index is 12.0. The van der Waals surface area contributed by atoms with Gasteiger partial charge in [0.05, 0.1) is 5.69 Å². The zero-order valence-electron chi connectivity index (χ0n) is 10.7. The molecule has 0 fully saturated rings. The number of nitrogens with one attached hydrogen (secondary N) is 1. The summed E-state index contributed by atoms with van der Waals surface area (Å²) in [4.78, 5) is 16.1. The maximum Gasteiger partial charge on any atom is 0.289 e. The van der Waals surface area contributed by atoms with Crippen molar-refractivity contribution in [2.24, 2.45) is 5.92 Å². The van der Waals surface area contributed by atoms with E-state index in [4.69, 9.17) is 4.42 Å². The van der Waals surface area contributed by atoms with E-state index in [0.717, 1.165) is 11.8 Å². The van der Waals surface area contributed by atoms with Gasteiger partial charge in [0.2, 0.25) is 5.76 Å². The number of halogens is 1. The molecule has 0 aliphatic rings. The summed E-state index contributed by atoms with van der Waals surface area (Å²) < 4.78 is 5.30. The summed E-state index contributed by atoms with van der Waals surface area (Å²) in [6.07, 6.45) is 0.898. The van der Waals surface area contributed by atoms with Crippen LogP contribution in [0, 0.1) is 19.8 Å². The number of oxazole rings is 1. The molecule has 5 heteroatoms. The third kappa shape index (κ3) is 3.84. The minimum Gasteiger partial charge on any atom is -0.436 e. The number of nitrogens with zero attached hydrogens (tertiary/aromatic N) is 1. The van der Waals surface area contributed by atoms with Gasteiger partial charge < -0.3 is 9.73 Å². The molecule has 0 saturated carbocycles. The summed E-state index contributed by atoms with van der Waals surface area (Å²) >= 11 is 3.40. The Bertz CT molecular complexity index is 388. The van der Waals surface area contributed by atoms with Crippen LogP contribution in [0.5, 0.6) is 0 Å². The van der Waals surface area contributed by atoms with E-state index in [2.05, 4.69) is 40.1 Å². The number of carbonyl (C=O) groups is 1. The highest BCUT2D eigenvalue weighted by Crippen LogP contribution is 2.12. The average molecular weight is 303 g/mol. The van der Waals surface area contributed by atoms with Crippen LogP contribution < -0.4 is 5.32 Å². The molecule has 17 heavy (non-hydrogen) atoms. The molecule has 0 radical (unpaired) electrons. The first-order valence-electron chi connectivity index (χ1n) is 5.76. The van der Waals surface area contributed by atoms with Gasteiger partial charge in [-0.15, -0.1) is 0 Å². The van der Waals surface area contributed by atoms with Gasteiger partial charge in [0, 0.05) is 18.3 Å². The van der Waals surface area contributed by atoms with Crippen molar-refractivity contribution < 1.29 is 9.21 Å². The van der Waals surface area contributed by atoms with Gasteiger partial charge >= 0.3 is 0 Å². The first-order valence-corrected chi connectivity index (χ1v) is 6.88. The Kier molecular flexibility index (Phi) is 5.18. The third-order valence-electron chi connectivity index (χ3n) is 2.65. The van der Waals surface area contributed by atoms with E-state index in [1.165, 1.54) is 0 Å². The lowest BCUT2D eigenvalue weighted by Crippen LogP contribution is -2.38. The van der Waals surface area contributed by atoms with Crippen molar-refractivity contribution in [3.63, 3.8) is 0 Å². The number of amides is 1. The van der Waals surface area contributed by atoms with Crippen molar-refractivity contribution in [3.8, 4) is 0 Å². The monoisotopic (exact) mass is 302 g/mol. The smallest absolute Gasteiger partial charge is 0.289 e. The lowest BCUT2D eigenvalue weighted by molar-refractivity contribution is 0.0894. The summed E-state index contributed by atoms with van der Waals surface area (Å²) in [5.41, 5.74) is 0.640. The van der Waals surface area contributed by atoms with Crippen LogP contribution in [-0.4, -0.2) is 22.3 Å². The Morgan fingerprint density at radius 2 is 2.12 bits per heavy atom. The standard InChI is InChI=1S/C12H19BrN2O2/c1-7(2)10(5-6-13)15-12(16)11-8(3)14-9(4)17-11/h7,10H,5-6H2,1-4H3,(H,15,16). The Morgan fingerprint density at radius 1 is 1.47 bits per heavy atom. The summed E-state index contributed by atoms with van der Waals surface area (Å²) in [5, 5.41) is 3.85. The van der Waals surface area contributed by atoms with Crippen LogP contribution in [0.1, 0.15) is 42.4 Å².